The SMILES string of the molecule is CP(C)c1cc2ccccc2[cH-]1.CP(C)c1cc2ccccc2[cH-]1.[Hf].c1ccc(CCc2ccccc2)cc1. The fourth-order valence-electron chi connectivity index (χ4n) is 4.36. The molecule has 0 atom stereocenters. The van der Waals surface area contributed by atoms with E-state index in [2.05, 4.69) is 160 Å². The Labute approximate surface area is 256 Å². The molecule has 0 saturated heterocycles. The van der Waals surface area contributed by atoms with E-state index in [1.54, 1.807) is 0 Å². The third kappa shape index (κ3) is 9.76. The maximum atomic E-state index is 2.31. The Bertz CT molecular complexity index is 1330. The molecule has 0 aliphatic carbocycles. The van der Waals surface area contributed by atoms with Gasteiger partial charge in [-0.1, -0.05) is 72.8 Å². The molecule has 0 saturated carbocycles. The van der Waals surface area contributed by atoms with Gasteiger partial charge in [0.1, 0.15) is 0 Å². The van der Waals surface area contributed by atoms with Crippen molar-refractivity contribution in [2.24, 2.45) is 0 Å². The largest absolute Gasteiger partial charge is 0.161 e. The Morgan fingerprint density at radius 3 is 1.13 bits per heavy atom. The second-order valence-corrected chi connectivity index (χ2v) is 14.6. The summed E-state index contributed by atoms with van der Waals surface area (Å²) in [7, 11) is 0.115. The number of aryl methyl sites for hydroxylation is 2. The molecule has 0 nitrogen and oxygen atoms in total. The van der Waals surface area contributed by atoms with Crippen LogP contribution in [0, 0.1) is 0 Å². The summed E-state index contributed by atoms with van der Waals surface area (Å²) in [5.41, 5.74) is 2.83. The number of hydrogen-bond donors (Lipinski definition) is 0. The van der Waals surface area contributed by atoms with Gasteiger partial charge < -0.3 is 0 Å². The van der Waals surface area contributed by atoms with Gasteiger partial charge in [-0.3, -0.25) is 0 Å². The minimum atomic E-state index is 0. The summed E-state index contributed by atoms with van der Waals surface area (Å²) in [6.45, 7) is 9.18. The number of rotatable bonds is 5. The number of fused-ring (bicyclic) bond motifs is 2. The maximum absolute atomic E-state index is 2.31. The van der Waals surface area contributed by atoms with E-state index in [1.807, 2.05) is 0 Å². The molecular formula is C36H38HfP2-2. The fourth-order valence-corrected chi connectivity index (χ4v) is 5.95. The second-order valence-electron chi connectivity index (χ2n) is 9.94. The molecule has 0 amide bonds. The van der Waals surface area contributed by atoms with E-state index < -0.39 is 0 Å². The molecule has 0 aliphatic heterocycles. The Morgan fingerprint density at radius 2 is 0.795 bits per heavy atom. The molecule has 0 fully saturated rings. The van der Waals surface area contributed by atoms with Crippen molar-refractivity contribution < 1.29 is 25.8 Å². The Balaban J connectivity index is 0.000000160. The monoisotopic (exact) mass is 712 g/mol. The molecule has 0 spiro atoms. The van der Waals surface area contributed by atoms with Crippen molar-refractivity contribution in [3.8, 4) is 0 Å². The van der Waals surface area contributed by atoms with Crippen LogP contribution >= 0.6 is 15.8 Å². The van der Waals surface area contributed by atoms with Crippen LogP contribution in [0.3, 0.4) is 0 Å². The van der Waals surface area contributed by atoms with Gasteiger partial charge in [-0.2, -0.15) is 12.1 Å². The molecule has 6 aromatic carbocycles. The number of hydrogen-bond acceptors (Lipinski definition) is 0. The molecule has 0 heterocycles. The average Bonchev–Trinajstić information content (AvgIpc) is 3.59. The molecule has 0 bridgehead atoms. The van der Waals surface area contributed by atoms with Crippen LogP contribution in [0.5, 0.6) is 0 Å². The molecule has 0 aromatic heterocycles. The first-order valence-corrected chi connectivity index (χ1v) is 17.7. The van der Waals surface area contributed by atoms with Crippen molar-refractivity contribution in [3.05, 3.63) is 145 Å². The first kappa shape index (κ1) is 31.4. The van der Waals surface area contributed by atoms with E-state index in [4.69, 9.17) is 0 Å². The maximum Gasteiger partial charge on any atom is 0 e. The van der Waals surface area contributed by atoms with Gasteiger partial charge in [-0.05, 0) is 50.6 Å². The summed E-state index contributed by atoms with van der Waals surface area (Å²) in [4.78, 5) is 0. The predicted octanol–water partition coefficient (Wildman–Crippen LogP) is 9.32. The summed E-state index contributed by atoms with van der Waals surface area (Å²) in [6, 6.07) is 47.6. The van der Waals surface area contributed by atoms with Crippen LogP contribution in [0.1, 0.15) is 11.1 Å². The molecule has 0 N–H and O–H groups in total. The van der Waals surface area contributed by atoms with Crippen LogP contribution < -0.4 is 10.6 Å². The van der Waals surface area contributed by atoms with Crippen molar-refractivity contribution >= 4 is 48.0 Å². The average molecular weight is 711 g/mol. The molecule has 39 heavy (non-hydrogen) atoms. The van der Waals surface area contributed by atoms with Crippen LogP contribution in [-0.4, -0.2) is 26.7 Å². The van der Waals surface area contributed by atoms with E-state index in [-0.39, 0.29) is 41.7 Å². The van der Waals surface area contributed by atoms with Crippen molar-refractivity contribution in [3.63, 3.8) is 0 Å². The topological polar surface area (TPSA) is 0 Å². The minimum absolute atomic E-state index is 0. The first-order valence-electron chi connectivity index (χ1n) is 13.2. The van der Waals surface area contributed by atoms with Crippen molar-refractivity contribution in [1.82, 2.24) is 0 Å². The number of benzene rings is 4. The molecule has 198 valence electrons. The van der Waals surface area contributed by atoms with Crippen LogP contribution in [-0.2, 0) is 38.7 Å². The molecule has 0 unspecified atom stereocenters. The van der Waals surface area contributed by atoms with Gasteiger partial charge in [0.05, 0.1) is 0 Å². The van der Waals surface area contributed by atoms with Gasteiger partial charge in [0, 0.05) is 25.8 Å². The normalized spacial score (nSPS) is 10.5. The molecule has 3 heteroatoms. The zero-order valence-corrected chi connectivity index (χ0v) is 28.9. The van der Waals surface area contributed by atoms with E-state index in [9.17, 15) is 0 Å². The summed E-state index contributed by atoms with van der Waals surface area (Å²) >= 11 is 0. The minimum Gasteiger partial charge on any atom is -0.161 e. The van der Waals surface area contributed by atoms with Crippen LogP contribution in [0.2, 0.25) is 0 Å². The fraction of sp³-hybridized carbons (Fsp3) is 0.167. The van der Waals surface area contributed by atoms with Gasteiger partial charge in [-0.15, -0.1) is 96.5 Å². The second kappa shape index (κ2) is 16.2. The Hall–Kier alpha value is -2.17. The van der Waals surface area contributed by atoms with Gasteiger partial charge >= 0.3 is 0 Å². The first-order chi connectivity index (χ1) is 18.5. The van der Waals surface area contributed by atoms with Gasteiger partial charge in [0.2, 0.25) is 0 Å². The molecule has 0 radical (unpaired) electrons. The van der Waals surface area contributed by atoms with E-state index in [0.717, 1.165) is 12.8 Å². The van der Waals surface area contributed by atoms with E-state index in [0.29, 0.717) is 0 Å². The van der Waals surface area contributed by atoms with Crippen LogP contribution in [0.4, 0.5) is 0 Å². The zero-order chi connectivity index (χ0) is 26.7. The third-order valence-corrected chi connectivity index (χ3v) is 9.21. The van der Waals surface area contributed by atoms with E-state index in [1.165, 1.54) is 43.3 Å². The Kier molecular flexibility index (Phi) is 13.0. The molecule has 6 aromatic rings. The summed E-state index contributed by atoms with van der Waals surface area (Å²) < 4.78 is 0. The van der Waals surface area contributed by atoms with Gasteiger partial charge in [0.25, 0.3) is 0 Å². The zero-order valence-electron chi connectivity index (χ0n) is 23.5. The molecule has 0 aliphatic rings. The standard InChI is InChI=1S/C14H14.2C11H12P.Hf/c1-3-7-13(8-4-1)11-12-14-9-5-2-6-10-14;2*1-12(2)11-7-9-5-3-4-6-10(9)8-11;/h1-10H,11-12H2;2*3-8H,1-2H3;/q;2*-1;. The van der Waals surface area contributed by atoms with Crippen LogP contribution in [0.25, 0.3) is 21.5 Å². The molecular weight excluding hydrogens is 673 g/mol. The van der Waals surface area contributed by atoms with Crippen molar-refractivity contribution in [2.45, 2.75) is 12.8 Å². The van der Waals surface area contributed by atoms with Crippen molar-refractivity contribution in [2.75, 3.05) is 26.7 Å². The summed E-state index contributed by atoms with van der Waals surface area (Å²) in [5.74, 6) is 0. The third-order valence-electron chi connectivity index (χ3n) is 6.63. The predicted molar refractivity (Wildman–Crippen MR) is 176 cm³/mol. The van der Waals surface area contributed by atoms with E-state index >= 15 is 0 Å². The smallest absolute Gasteiger partial charge is 0 e. The quantitative estimate of drug-likeness (QED) is 0.0951. The molecule has 6 rings (SSSR count). The summed E-state index contributed by atoms with van der Waals surface area (Å²) in [6.07, 6.45) is 2.26. The van der Waals surface area contributed by atoms with Gasteiger partial charge in [-0.25, -0.2) is 0 Å². The van der Waals surface area contributed by atoms with Gasteiger partial charge in [0.15, 0.2) is 0 Å². The van der Waals surface area contributed by atoms with Crippen molar-refractivity contribution in [1.29, 1.82) is 0 Å². The van der Waals surface area contributed by atoms with Crippen LogP contribution in [0.15, 0.2) is 133 Å². The Morgan fingerprint density at radius 1 is 0.462 bits per heavy atom. The summed E-state index contributed by atoms with van der Waals surface area (Å²) in [5, 5.41) is 8.53.